The number of aromatic nitrogens is 4. The number of fused-ring (bicyclic) bond motifs is 2. The highest BCUT2D eigenvalue weighted by atomic mass is 15.2. The maximum atomic E-state index is 4.95. The number of benzene rings is 3. The monoisotopic (exact) mass is 557 g/mol. The van der Waals surface area contributed by atoms with Crippen LogP contribution < -0.4 is 15.5 Å². The van der Waals surface area contributed by atoms with Gasteiger partial charge in [0.1, 0.15) is 11.6 Å². The van der Waals surface area contributed by atoms with E-state index in [1.54, 1.807) is 0 Å². The molecule has 0 bridgehead atoms. The fourth-order valence-electron chi connectivity index (χ4n) is 7.84. The molecule has 4 N–H and O–H groups in total. The minimum absolute atomic E-state index is 0.304. The van der Waals surface area contributed by atoms with Crippen molar-refractivity contribution in [2.75, 3.05) is 18.0 Å². The highest BCUT2D eigenvalue weighted by Crippen LogP contribution is 2.48. The lowest BCUT2D eigenvalue weighted by Crippen LogP contribution is -2.26. The van der Waals surface area contributed by atoms with Gasteiger partial charge in [0.15, 0.2) is 0 Å². The van der Waals surface area contributed by atoms with Crippen LogP contribution in [0.4, 0.5) is 5.69 Å². The van der Waals surface area contributed by atoms with Gasteiger partial charge in [0, 0.05) is 5.69 Å². The average Bonchev–Trinajstić information content (AvgIpc) is 3.61. The Hall–Kier alpha value is -3.68. The summed E-state index contributed by atoms with van der Waals surface area (Å²) in [5.41, 5.74) is 9.96. The summed E-state index contributed by atoms with van der Waals surface area (Å²) in [6.07, 6.45) is 9.64. The number of aromatic amines is 2. The van der Waals surface area contributed by atoms with Gasteiger partial charge in [-0.1, -0.05) is 24.3 Å². The Kier molecular flexibility index (Phi) is 5.90. The summed E-state index contributed by atoms with van der Waals surface area (Å²) in [4.78, 5) is 19.9. The van der Waals surface area contributed by atoms with Crippen LogP contribution in [0, 0.1) is 0 Å². The van der Waals surface area contributed by atoms with Crippen LogP contribution in [0.1, 0.15) is 110 Å². The van der Waals surface area contributed by atoms with Crippen molar-refractivity contribution in [2.24, 2.45) is 0 Å². The van der Waals surface area contributed by atoms with Crippen LogP contribution in [0.2, 0.25) is 0 Å². The second kappa shape index (κ2) is 9.96. The molecule has 3 aliphatic heterocycles. The molecule has 4 fully saturated rings. The molecular weight excluding hydrogens is 518 g/mol. The fourth-order valence-corrected chi connectivity index (χ4v) is 7.84. The third-order valence-electron chi connectivity index (χ3n) is 10.2. The van der Waals surface area contributed by atoms with Crippen molar-refractivity contribution in [3.8, 4) is 0 Å². The molecule has 4 atom stereocenters. The third kappa shape index (κ3) is 4.33. The molecule has 0 radical (unpaired) electrons. The number of hydrogen-bond donors (Lipinski definition) is 4. The maximum absolute atomic E-state index is 4.95. The Labute approximate surface area is 246 Å². The summed E-state index contributed by atoms with van der Waals surface area (Å²) in [5.74, 6) is 2.93. The van der Waals surface area contributed by atoms with E-state index in [-0.39, 0.29) is 0 Å². The normalized spacial score (nSPS) is 26.2. The van der Waals surface area contributed by atoms with Crippen LogP contribution in [-0.4, -0.2) is 33.0 Å². The zero-order chi connectivity index (χ0) is 27.6. The molecule has 9 rings (SSSR count). The summed E-state index contributed by atoms with van der Waals surface area (Å²) < 4.78 is 0. The number of H-pyrrole nitrogens is 2. The number of rotatable bonds is 6. The molecule has 3 saturated heterocycles. The average molecular weight is 558 g/mol. The third-order valence-corrected chi connectivity index (χ3v) is 10.2. The Morgan fingerprint density at radius 2 is 1.10 bits per heavy atom. The number of nitrogens with one attached hydrogen (secondary N) is 4. The Bertz CT molecular complexity index is 1630. The van der Waals surface area contributed by atoms with Crippen LogP contribution >= 0.6 is 0 Å². The minimum atomic E-state index is 0.304. The zero-order valence-corrected chi connectivity index (χ0v) is 24.1. The molecule has 7 nitrogen and oxygen atoms in total. The molecule has 1 saturated carbocycles. The molecule has 3 aromatic carbocycles. The molecule has 7 heteroatoms. The van der Waals surface area contributed by atoms with E-state index in [0.717, 1.165) is 78.4 Å². The van der Waals surface area contributed by atoms with E-state index in [0.29, 0.717) is 24.2 Å². The first-order valence-electron chi connectivity index (χ1n) is 16.1. The molecule has 4 aliphatic rings. The van der Waals surface area contributed by atoms with Gasteiger partial charge in [0.25, 0.3) is 0 Å². The summed E-state index contributed by atoms with van der Waals surface area (Å²) in [5, 5.41) is 7.18. The van der Waals surface area contributed by atoms with E-state index in [2.05, 4.69) is 86.2 Å². The lowest BCUT2D eigenvalue weighted by atomic mass is 10.0. The van der Waals surface area contributed by atoms with E-state index in [9.17, 15) is 0 Å². The van der Waals surface area contributed by atoms with Crippen LogP contribution in [0.25, 0.3) is 22.1 Å². The van der Waals surface area contributed by atoms with Gasteiger partial charge in [-0.15, -0.1) is 0 Å². The van der Waals surface area contributed by atoms with Gasteiger partial charge in [-0.2, -0.15) is 0 Å². The van der Waals surface area contributed by atoms with Crippen molar-refractivity contribution in [3.05, 3.63) is 89.0 Å². The molecule has 0 amide bonds. The highest BCUT2D eigenvalue weighted by Gasteiger charge is 2.36. The smallest absolute Gasteiger partial charge is 0.124 e. The molecular formula is C35H39N7. The van der Waals surface area contributed by atoms with Crippen molar-refractivity contribution in [2.45, 2.75) is 81.5 Å². The fraction of sp³-hybridized carbons (Fsp3) is 0.429. The molecule has 5 heterocycles. The number of imidazole rings is 2. The van der Waals surface area contributed by atoms with Gasteiger partial charge < -0.3 is 25.5 Å². The van der Waals surface area contributed by atoms with Gasteiger partial charge in [0.2, 0.25) is 0 Å². The molecule has 5 aromatic rings. The summed E-state index contributed by atoms with van der Waals surface area (Å²) >= 11 is 0. The predicted molar refractivity (Wildman–Crippen MR) is 168 cm³/mol. The highest BCUT2D eigenvalue weighted by molar-refractivity contribution is 5.78. The van der Waals surface area contributed by atoms with Crippen molar-refractivity contribution in [1.82, 2.24) is 30.6 Å². The quantitative estimate of drug-likeness (QED) is 0.177. The van der Waals surface area contributed by atoms with E-state index in [1.807, 2.05) is 0 Å². The molecule has 2 aromatic heterocycles. The molecule has 1 aliphatic carbocycles. The number of hydrogen-bond acceptors (Lipinski definition) is 5. The molecule has 0 unspecified atom stereocenters. The molecule has 42 heavy (non-hydrogen) atoms. The molecule has 0 spiro atoms. The van der Waals surface area contributed by atoms with Crippen LogP contribution in [-0.2, 0) is 0 Å². The topological polar surface area (TPSA) is 84.7 Å². The maximum Gasteiger partial charge on any atom is 0.124 e. The second-order valence-corrected chi connectivity index (χ2v) is 13.0. The SMILES string of the molecule is c1cc(N2[C@H](c3ccc4nc([C@@H]5CCCN5)[nH]c4c3)CC[C@H]2c2ccc3nc([C@@H]4CCCN4)[nH]c3c2)ccc1C1CC1. The molecule has 214 valence electrons. The predicted octanol–water partition coefficient (Wildman–Crippen LogP) is 7.25. The van der Waals surface area contributed by atoms with Gasteiger partial charge in [-0.3, -0.25) is 0 Å². The van der Waals surface area contributed by atoms with Crippen molar-refractivity contribution in [3.63, 3.8) is 0 Å². The zero-order valence-electron chi connectivity index (χ0n) is 24.1. The van der Waals surface area contributed by atoms with Crippen LogP contribution in [0.5, 0.6) is 0 Å². The first-order chi connectivity index (χ1) is 20.8. The minimum Gasteiger partial charge on any atom is -0.357 e. The van der Waals surface area contributed by atoms with Crippen LogP contribution in [0.15, 0.2) is 60.7 Å². The van der Waals surface area contributed by atoms with Gasteiger partial charge >= 0.3 is 0 Å². The van der Waals surface area contributed by atoms with E-state index in [4.69, 9.17) is 9.97 Å². The lowest BCUT2D eigenvalue weighted by molar-refractivity contribution is 0.614. The summed E-state index contributed by atoms with van der Waals surface area (Å²) in [7, 11) is 0. The van der Waals surface area contributed by atoms with Gasteiger partial charge in [-0.05, 0) is 123 Å². The Morgan fingerprint density at radius 1 is 0.571 bits per heavy atom. The van der Waals surface area contributed by atoms with E-state index < -0.39 is 0 Å². The Morgan fingerprint density at radius 3 is 1.57 bits per heavy atom. The van der Waals surface area contributed by atoms with E-state index in [1.165, 1.54) is 48.1 Å². The first-order valence-corrected chi connectivity index (χ1v) is 16.1. The Balaban J connectivity index is 1.08. The number of nitrogens with zero attached hydrogens (tertiary/aromatic N) is 3. The first kappa shape index (κ1) is 24.9. The summed E-state index contributed by atoms with van der Waals surface area (Å²) in [6, 6.07) is 24.6. The van der Waals surface area contributed by atoms with Crippen molar-refractivity contribution >= 4 is 27.8 Å². The van der Waals surface area contributed by atoms with Crippen molar-refractivity contribution in [1.29, 1.82) is 0 Å². The standard InChI is InChI=1S/C35H39N7/c1-3-28(36-17-1)34-38-26-13-9-23(19-30(26)40-34)32-15-16-33(42(32)25-11-7-22(8-12-25)21-5-6-21)24-10-14-27-31(20-24)41-35(39-27)29-4-2-18-37-29/h7-14,19-21,28-29,32-33,36-37H,1-6,15-18H2,(H,38,40)(H,39,41)/t28-,29-,32-,33-/m0/s1. The largest absolute Gasteiger partial charge is 0.357 e. The van der Waals surface area contributed by atoms with E-state index >= 15 is 0 Å². The number of anilines is 1. The van der Waals surface area contributed by atoms with Crippen molar-refractivity contribution < 1.29 is 0 Å². The van der Waals surface area contributed by atoms with Gasteiger partial charge in [-0.25, -0.2) is 9.97 Å². The van der Waals surface area contributed by atoms with Crippen LogP contribution in [0.3, 0.4) is 0 Å². The lowest BCUT2D eigenvalue weighted by Gasteiger charge is -2.33. The summed E-state index contributed by atoms with van der Waals surface area (Å²) in [6.45, 7) is 2.15. The van der Waals surface area contributed by atoms with Gasteiger partial charge in [0.05, 0.1) is 46.2 Å². The second-order valence-electron chi connectivity index (χ2n) is 13.0.